The van der Waals surface area contributed by atoms with E-state index >= 15 is 0 Å². The van der Waals surface area contributed by atoms with Crippen LogP contribution in [0.15, 0.2) is 24.3 Å². The summed E-state index contributed by atoms with van der Waals surface area (Å²) in [4.78, 5) is 24.2. The van der Waals surface area contributed by atoms with E-state index < -0.39 is 0 Å². The highest BCUT2D eigenvalue weighted by molar-refractivity contribution is 5.96. The third-order valence-corrected chi connectivity index (χ3v) is 3.76. The molecule has 1 fully saturated rings. The molecule has 1 aromatic carbocycles. The molecule has 0 radical (unpaired) electrons. The molecule has 0 bridgehead atoms. The highest BCUT2D eigenvalue weighted by Crippen LogP contribution is 2.19. The Morgan fingerprint density at radius 3 is 2.27 bits per heavy atom. The van der Waals surface area contributed by atoms with Crippen molar-refractivity contribution in [3.8, 4) is 0 Å². The Bertz CT molecular complexity index is 546. The van der Waals surface area contributed by atoms with E-state index in [1.165, 1.54) is 0 Å². The van der Waals surface area contributed by atoms with Gasteiger partial charge in [-0.15, -0.1) is 0 Å². The average molecular weight is 303 g/mol. The minimum Gasteiger partial charge on any atom is -0.347 e. The molecule has 22 heavy (non-hydrogen) atoms. The smallest absolute Gasteiger partial charge is 0.251 e. The van der Waals surface area contributed by atoms with Crippen LogP contribution in [0.5, 0.6) is 0 Å². The summed E-state index contributed by atoms with van der Waals surface area (Å²) in [5.74, 6) is 0.268. The maximum atomic E-state index is 12.2. The van der Waals surface area contributed by atoms with E-state index in [0.29, 0.717) is 11.5 Å². The first kappa shape index (κ1) is 16.5. The number of rotatable bonds is 3. The number of carbonyl (C=O) groups is 2. The Balaban J connectivity index is 1.97. The van der Waals surface area contributed by atoms with Gasteiger partial charge in [-0.3, -0.25) is 9.59 Å². The summed E-state index contributed by atoms with van der Waals surface area (Å²) >= 11 is 0. The highest BCUT2D eigenvalue weighted by Gasteiger charge is 2.29. The first-order valence-electron chi connectivity index (χ1n) is 7.70. The quantitative estimate of drug-likeness (QED) is 0.800. The fourth-order valence-electron chi connectivity index (χ4n) is 2.51. The van der Waals surface area contributed by atoms with Crippen LogP contribution in [0, 0.1) is 11.8 Å². The lowest BCUT2D eigenvalue weighted by Crippen LogP contribution is -2.40. The number of anilines is 1. The van der Waals surface area contributed by atoms with Crippen LogP contribution in [0.3, 0.4) is 0 Å². The van der Waals surface area contributed by atoms with Gasteiger partial charge in [-0.2, -0.15) is 0 Å². The van der Waals surface area contributed by atoms with Crippen molar-refractivity contribution in [2.24, 2.45) is 11.8 Å². The van der Waals surface area contributed by atoms with Gasteiger partial charge >= 0.3 is 0 Å². The molecule has 2 amide bonds. The Morgan fingerprint density at radius 2 is 1.77 bits per heavy atom. The first-order chi connectivity index (χ1) is 10.3. The van der Waals surface area contributed by atoms with Crippen molar-refractivity contribution in [2.75, 3.05) is 18.4 Å². The van der Waals surface area contributed by atoms with Crippen molar-refractivity contribution >= 4 is 17.5 Å². The average Bonchev–Trinajstić information content (AvgIpc) is 2.84. The second-order valence-corrected chi connectivity index (χ2v) is 7.01. The van der Waals surface area contributed by atoms with Crippen LogP contribution in [-0.2, 0) is 4.79 Å². The number of carbonyl (C=O) groups excluding carboxylic acids is 2. The molecule has 5 heteroatoms. The number of hydrogen-bond acceptors (Lipinski definition) is 3. The van der Waals surface area contributed by atoms with E-state index in [1.807, 2.05) is 20.8 Å². The normalized spacial score (nSPS) is 21.5. The molecular weight excluding hydrogens is 278 g/mol. The number of hydrogen-bond donors (Lipinski definition) is 3. The van der Waals surface area contributed by atoms with E-state index in [0.717, 1.165) is 18.8 Å². The highest BCUT2D eigenvalue weighted by atomic mass is 16.2. The molecule has 1 aliphatic heterocycles. The summed E-state index contributed by atoms with van der Waals surface area (Å²) in [5.41, 5.74) is 1.04. The zero-order valence-corrected chi connectivity index (χ0v) is 13.7. The molecule has 1 aliphatic rings. The minimum absolute atomic E-state index is 0.00358. The summed E-state index contributed by atoms with van der Waals surface area (Å²) in [6.07, 6.45) is 0. The summed E-state index contributed by atoms with van der Waals surface area (Å²) in [7, 11) is 0. The van der Waals surface area contributed by atoms with Crippen molar-refractivity contribution in [1.82, 2.24) is 10.6 Å². The molecule has 1 heterocycles. The molecule has 0 spiro atoms. The molecule has 1 saturated heterocycles. The Kier molecular flexibility index (Phi) is 4.86. The van der Waals surface area contributed by atoms with E-state index in [-0.39, 0.29) is 23.3 Å². The van der Waals surface area contributed by atoms with Gasteiger partial charge in [0, 0.05) is 23.3 Å². The van der Waals surface area contributed by atoms with Crippen LogP contribution in [0.25, 0.3) is 0 Å². The third-order valence-electron chi connectivity index (χ3n) is 3.76. The summed E-state index contributed by atoms with van der Waals surface area (Å²) in [5, 5.41) is 9.05. The van der Waals surface area contributed by atoms with Crippen LogP contribution in [-0.4, -0.2) is 30.4 Å². The molecule has 0 saturated carbocycles. The topological polar surface area (TPSA) is 70.2 Å². The lowest BCUT2D eigenvalue weighted by molar-refractivity contribution is -0.120. The second kappa shape index (κ2) is 6.48. The van der Waals surface area contributed by atoms with Crippen LogP contribution < -0.4 is 16.0 Å². The van der Waals surface area contributed by atoms with E-state index in [9.17, 15) is 9.59 Å². The maximum absolute atomic E-state index is 12.2. The van der Waals surface area contributed by atoms with Crippen molar-refractivity contribution < 1.29 is 9.59 Å². The lowest BCUT2D eigenvalue weighted by Gasteiger charge is -2.20. The summed E-state index contributed by atoms with van der Waals surface area (Å²) < 4.78 is 0. The van der Waals surface area contributed by atoms with Gasteiger partial charge < -0.3 is 16.0 Å². The van der Waals surface area contributed by atoms with Gasteiger partial charge in [0.05, 0.1) is 5.92 Å². The zero-order chi connectivity index (χ0) is 16.3. The fourth-order valence-corrected chi connectivity index (χ4v) is 2.51. The maximum Gasteiger partial charge on any atom is 0.251 e. The Labute approximate surface area is 131 Å². The predicted molar refractivity (Wildman–Crippen MR) is 87.8 cm³/mol. The van der Waals surface area contributed by atoms with Gasteiger partial charge in [-0.1, -0.05) is 6.92 Å². The van der Waals surface area contributed by atoms with Crippen LogP contribution in [0.1, 0.15) is 38.1 Å². The van der Waals surface area contributed by atoms with Crippen LogP contribution >= 0.6 is 0 Å². The van der Waals surface area contributed by atoms with Gasteiger partial charge in [-0.25, -0.2) is 0 Å². The molecule has 0 aromatic heterocycles. The Hall–Kier alpha value is -1.88. The van der Waals surface area contributed by atoms with Crippen molar-refractivity contribution in [2.45, 2.75) is 33.2 Å². The van der Waals surface area contributed by atoms with Crippen molar-refractivity contribution in [3.63, 3.8) is 0 Å². The van der Waals surface area contributed by atoms with Crippen molar-refractivity contribution in [3.05, 3.63) is 29.8 Å². The molecule has 1 aromatic rings. The SMILES string of the molecule is C[C@@H]1CNC[C@H]1C(=O)Nc1ccc(C(=O)NC(C)(C)C)cc1. The molecule has 2 rings (SSSR count). The molecule has 2 atom stereocenters. The number of amides is 2. The number of benzene rings is 1. The van der Waals surface area contributed by atoms with Crippen LogP contribution in [0.4, 0.5) is 5.69 Å². The van der Waals surface area contributed by atoms with Crippen molar-refractivity contribution in [1.29, 1.82) is 0 Å². The van der Waals surface area contributed by atoms with Gasteiger partial charge in [0.1, 0.15) is 0 Å². The minimum atomic E-state index is -0.268. The van der Waals surface area contributed by atoms with E-state index in [1.54, 1.807) is 24.3 Å². The van der Waals surface area contributed by atoms with Gasteiger partial charge in [0.2, 0.25) is 5.91 Å². The molecule has 5 nitrogen and oxygen atoms in total. The summed E-state index contributed by atoms with van der Waals surface area (Å²) in [6.45, 7) is 9.50. The summed E-state index contributed by atoms with van der Waals surface area (Å²) in [6, 6.07) is 6.99. The molecule has 0 unspecified atom stereocenters. The van der Waals surface area contributed by atoms with Gasteiger partial charge in [0.15, 0.2) is 0 Å². The third kappa shape index (κ3) is 4.31. The zero-order valence-electron chi connectivity index (χ0n) is 13.7. The standard InChI is InChI=1S/C17H25N3O2/c1-11-9-18-10-14(11)16(22)19-13-7-5-12(6-8-13)15(21)20-17(2,3)4/h5-8,11,14,18H,9-10H2,1-4H3,(H,19,22)(H,20,21)/t11-,14-/m1/s1. The first-order valence-corrected chi connectivity index (χ1v) is 7.70. The lowest BCUT2D eigenvalue weighted by atomic mass is 9.97. The molecule has 3 N–H and O–H groups in total. The largest absolute Gasteiger partial charge is 0.347 e. The fraction of sp³-hybridized carbons (Fsp3) is 0.529. The number of nitrogens with one attached hydrogen (secondary N) is 3. The monoisotopic (exact) mass is 303 g/mol. The van der Waals surface area contributed by atoms with Gasteiger partial charge in [0.25, 0.3) is 5.91 Å². The molecular formula is C17H25N3O2. The predicted octanol–water partition coefficient (Wildman–Crippen LogP) is 2.01. The Morgan fingerprint density at radius 1 is 1.14 bits per heavy atom. The van der Waals surface area contributed by atoms with E-state index in [4.69, 9.17) is 0 Å². The van der Waals surface area contributed by atoms with Crippen LogP contribution in [0.2, 0.25) is 0 Å². The second-order valence-electron chi connectivity index (χ2n) is 7.01. The molecule has 0 aliphatic carbocycles. The molecule has 120 valence electrons. The van der Waals surface area contributed by atoms with Gasteiger partial charge in [-0.05, 0) is 57.5 Å². The van der Waals surface area contributed by atoms with E-state index in [2.05, 4.69) is 22.9 Å².